The molecule has 0 spiro atoms. The Kier molecular flexibility index (Phi) is 6.74. The summed E-state index contributed by atoms with van der Waals surface area (Å²) in [6, 6.07) is 16.6. The summed E-state index contributed by atoms with van der Waals surface area (Å²) in [7, 11) is 0. The molecule has 1 aliphatic rings. The molecule has 4 rings (SSSR count). The lowest BCUT2D eigenvalue weighted by Crippen LogP contribution is -2.48. The van der Waals surface area contributed by atoms with Crippen LogP contribution in [0.4, 0.5) is 4.79 Å². The molecule has 0 bridgehead atoms. The fourth-order valence-electron chi connectivity index (χ4n) is 4.07. The van der Waals surface area contributed by atoms with Gasteiger partial charge in [0.25, 0.3) is 0 Å². The van der Waals surface area contributed by atoms with Crippen molar-refractivity contribution >= 4 is 29.3 Å². The molecule has 1 unspecified atom stereocenters. The van der Waals surface area contributed by atoms with Crippen molar-refractivity contribution in [3.05, 3.63) is 81.5 Å². The normalized spacial score (nSPS) is 13.0. The van der Waals surface area contributed by atoms with E-state index in [1.165, 1.54) is 0 Å². The van der Waals surface area contributed by atoms with Crippen LogP contribution in [0.25, 0.3) is 11.1 Å². The number of aliphatic carboxylic acids is 1. The summed E-state index contributed by atoms with van der Waals surface area (Å²) in [6.45, 7) is 2.29. The number of rotatable bonds is 8. The third kappa shape index (κ3) is 5.23. The summed E-state index contributed by atoms with van der Waals surface area (Å²) in [5.74, 6) is -1.90. The van der Waals surface area contributed by atoms with Crippen LogP contribution in [0.3, 0.4) is 0 Å². The number of carbonyl (C=O) groups is 3. The summed E-state index contributed by atoms with van der Waals surface area (Å²) in [6.07, 6.45) is -1.37. The van der Waals surface area contributed by atoms with Crippen LogP contribution in [-0.4, -0.2) is 35.7 Å². The molecule has 0 saturated carbocycles. The fraction of sp³-hybridized carbons (Fsp3) is 0.240. The van der Waals surface area contributed by atoms with Gasteiger partial charge in [0.2, 0.25) is 5.91 Å². The van der Waals surface area contributed by atoms with E-state index >= 15 is 0 Å². The van der Waals surface area contributed by atoms with Crippen LogP contribution in [-0.2, 0) is 20.9 Å². The van der Waals surface area contributed by atoms with Gasteiger partial charge < -0.3 is 20.5 Å². The summed E-state index contributed by atoms with van der Waals surface area (Å²) in [5, 5.41) is 16.2. The van der Waals surface area contributed by atoms with Gasteiger partial charge in [-0.25, -0.2) is 4.79 Å². The lowest BCUT2D eigenvalue weighted by molar-refractivity contribution is -0.139. The molecular formula is C25H24N2O5S. The first kappa shape index (κ1) is 22.5. The van der Waals surface area contributed by atoms with Gasteiger partial charge in [-0.05, 0) is 46.2 Å². The van der Waals surface area contributed by atoms with Crippen LogP contribution in [0.2, 0.25) is 0 Å². The number of alkyl carbamates (subject to hydrolysis) is 1. The van der Waals surface area contributed by atoms with Gasteiger partial charge in [-0.3, -0.25) is 9.59 Å². The van der Waals surface area contributed by atoms with E-state index in [1.54, 1.807) is 11.3 Å². The first-order chi connectivity index (χ1) is 15.9. The van der Waals surface area contributed by atoms with Crippen LogP contribution in [0.15, 0.2) is 60.0 Å². The second kappa shape index (κ2) is 9.87. The minimum atomic E-state index is -1.24. The van der Waals surface area contributed by atoms with Crippen molar-refractivity contribution in [3.8, 4) is 11.1 Å². The van der Waals surface area contributed by atoms with Gasteiger partial charge in [0.15, 0.2) is 0 Å². The van der Waals surface area contributed by atoms with Gasteiger partial charge in [-0.1, -0.05) is 48.5 Å². The zero-order chi connectivity index (χ0) is 23.4. The number of fused-ring (bicyclic) bond motifs is 3. The molecule has 170 valence electrons. The van der Waals surface area contributed by atoms with Crippen molar-refractivity contribution in [1.82, 2.24) is 10.6 Å². The monoisotopic (exact) mass is 464 g/mol. The second-order valence-corrected chi connectivity index (χ2v) is 9.02. The maximum atomic E-state index is 12.5. The van der Waals surface area contributed by atoms with Gasteiger partial charge in [0.05, 0.1) is 6.42 Å². The Morgan fingerprint density at radius 3 is 2.27 bits per heavy atom. The maximum Gasteiger partial charge on any atom is 0.407 e. The number of nitrogens with one attached hydrogen (secondary N) is 2. The number of carbonyl (C=O) groups excluding carboxylic acids is 2. The highest BCUT2D eigenvalue weighted by atomic mass is 32.1. The molecule has 0 radical (unpaired) electrons. The number of thiophene rings is 1. The largest absolute Gasteiger partial charge is 0.481 e. The number of ether oxygens (including phenoxy) is 1. The molecule has 0 fully saturated rings. The molecule has 8 heteroatoms. The molecule has 0 aliphatic heterocycles. The molecule has 1 aliphatic carbocycles. The Morgan fingerprint density at radius 2 is 1.70 bits per heavy atom. The van der Waals surface area contributed by atoms with Gasteiger partial charge in [0, 0.05) is 17.3 Å². The highest BCUT2D eigenvalue weighted by Crippen LogP contribution is 2.44. The predicted molar refractivity (Wildman–Crippen MR) is 125 cm³/mol. The van der Waals surface area contributed by atoms with E-state index in [0.29, 0.717) is 0 Å². The van der Waals surface area contributed by atoms with E-state index < -0.39 is 30.4 Å². The number of benzene rings is 2. The number of carboxylic acids is 1. The molecule has 2 amide bonds. The molecule has 1 heterocycles. The van der Waals surface area contributed by atoms with Gasteiger partial charge in [-0.15, -0.1) is 11.3 Å². The van der Waals surface area contributed by atoms with Gasteiger partial charge in [0.1, 0.15) is 12.6 Å². The Bertz CT molecular complexity index is 1140. The third-order valence-corrected chi connectivity index (χ3v) is 6.49. The molecule has 33 heavy (non-hydrogen) atoms. The zero-order valence-electron chi connectivity index (χ0n) is 18.0. The third-order valence-electron chi connectivity index (χ3n) is 5.58. The van der Waals surface area contributed by atoms with E-state index in [9.17, 15) is 19.5 Å². The van der Waals surface area contributed by atoms with E-state index in [0.717, 1.165) is 32.7 Å². The van der Waals surface area contributed by atoms with E-state index in [2.05, 4.69) is 10.6 Å². The van der Waals surface area contributed by atoms with E-state index in [4.69, 9.17) is 4.74 Å². The summed E-state index contributed by atoms with van der Waals surface area (Å²) in [5.41, 5.74) is 5.26. The quantitative estimate of drug-likeness (QED) is 0.466. The Morgan fingerprint density at radius 1 is 1.06 bits per heavy atom. The number of amides is 2. The van der Waals surface area contributed by atoms with Crippen molar-refractivity contribution in [2.45, 2.75) is 31.8 Å². The molecular weight excluding hydrogens is 440 g/mol. The number of hydrogen-bond donors (Lipinski definition) is 3. The van der Waals surface area contributed by atoms with Crippen LogP contribution in [0.5, 0.6) is 0 Å². The average Bonchev–Trinajstić information content (AvgIpc) is 3.36. The molecule has 1 aromatic heterocycles. The number of hydrogen-bond acceptors (Lipinski definition) is 5. The summed E-state index contributed by atoms with van der Waals surface area (Å²) < 4.78 is 5.45. The molecule has 2 aromatic carbocycles. The minimum absolute atomic E-state index is 0.0788. The summed E-state index contributed by atoms with van der Waals surface area (Å²) >= 11 is 1.56. The van der Waals surface area contributed by atoms with Crippen molar-refractivity contribution < 1.29 is 24.2 Å². The average molecular weight is 465 g/mol. The topological polar surface area (TPSA) is 105 Å². The Balaban J connectivity index is 1.38. The van der Waals surface area contributed by atoms with Crippen LogP contribution < -0.4 is 10.6 Å². The van der Waals surface area contributed by atoms with Crippen molar-refractivity contribution in [1.29, 1.82) is 0 Å². The summed E-state index contributed by atoms with van der Waals surface area (Å²) in [4.78, 5) is 37.4. The van der Waals surface area contributed by atoms with Crippen LogP contribution in [0, 0.1) is 6.92 Å². The minimum Gasteiger partial charge on any atom is -0.481 e. The van der Waals surface area contributed by atoms with E-state index in [-0.39, 0.29) is 19.1 Å². The highest BCUT2D eigenvalue weighted by Gasteiger charge is 2.30. The standard InChI is InChI=1S/C25H24N2O5S/c1-15-10-16(14-33-15)12-26-24(30)22(11-23(28)29)27-25(31)32-13-21-19-8-4-2-6-17(19)18-7-3-5-9-20(18)21/h2-10,14,21-22H,11-13H2,1H3,(H,26,30)(H,27,31)(H,28,29). The Hall–Kier alpha value is -3.65. The zero-order valence-corrected chi connectivity index (χ0v) is 18.9. The van der Waals surface area contributed by atoms with Crippen LogP contribution >= 0.6 is 11.3 Å². The molecule has 7 nitrogen and oxygen atoms in total. The van der Waals surface area contributed by atoms with E-state index in [1.807, 2.05) is 66.9 Å². The molecule has 0 saturated heterocycles. The number of aryl methyl sites for hydroxylation is 1. The van der Waals surface area contributed by atoms with Crippen molar-refractivity contribution in [2.24, 2.45) is 0 Å². The van der Waals surface area contributed by atoms with Crippen molar-refractivity contribution in [2.75, 3.05) is 6.61 Å². The first-order valence-corrected chi connectivity index (χ1v) is 11.5. The second-order valence-electron chi connectivity index (χ2n) is 7.90. The SMILES string of the molecule is Cc1cc(CNC(=O)C(CC(=O)O)NC(=O)OCC2c3ccccc3-c3ccccc32)cs1. The highest BCUT2D eigenvalue weighted by molar-refractivity contribution is 7.10. The molecule has 3 aromatic rings. The molecule has 3 N–H and O–H groups in total. The maximum absolute atomic E-state index is 12.5. The van der Waals surface area contributed by atoms with Crippen molar-refractivity contribution in [3.63, 3.8) is 0 Å². The lowest BCUT2D eigenvalue weighted by Gasteiger charge is -2.18. The predicted octanol–water partition coefficient (Wildman–Crippen LogP) is 4.05. The Labute approximate surface area is 195 Å². The van der Waals surface area contributed by atoms with Gasteiger partial charge in [-0.2, -0.15) is 0 Å². The smallest absolute Gasteiger partial charge is 0.407 e. The van der Waals surface area contributed by atoms with Gasteiger partial charge >= 0.3 is 12.1 Å². The van der Waals surface area contributed by atoms with Crippen LogP contribution in [0.1, 0.15) is 33.9 Å². The molecule has 1 atom stereocenters. The fourth-order valence-corrected chi connectivity index (χ4v) is 4.78. The lowest BCUT2D eigenvalue weighted by atomic mass is 9.98. The number of carboxylic acid groups (broad SMARTS) is 1. The first-order valence-electron chi connectivity index (χ1n) is 10.6.